The molecule has 0 aliphatic rings. The van der Waals surface area contributed by atoms with Gasteiger partial charge in [-0.1, -0.05) is 78.9 Å². The average molecular weight is 357 g/mol. The molecule has 0 bridgehead atoms. The van der Waals surface area contributed by atoms with Gasteiger partial charge in [0.2, 0.25) is 0 Å². The molecule has 0 saturated heterocycles. The number of para-hydroxylation sites is 1. The lowest BCUT2D eigenvalue weighted by Gasteiger charge is -2.18. The maximum atomic E-state index is 4.66. The van der Waals surface area contributed by atoms with Crippen molar-refractivity contribution in [3.05, 3.63) is 103 Å². The van der Waals surface area contributed by atoms with Crippen molar-refractivity contribution >= 4 is 18.5 Å². The zero-order valence-electron chi connectivity index (χ0n) is 14.4. The van der Waals surface area contributed by atoms with Crippen molar-refractivity contribution in [2.45, 2.75) is 6.42 Å². The summed E-state index contributed by atoms with van der Waals surface area (Å²) < 4.78 is 1.85. The highest BCUT2D eigenvalue weighted by Crippen LogP contribution is 2.33. The van der Waals surface area contributed by atoms with Crippen molar-refractivity contribution < 1.29 is 0 Å². The van der Waals surface area contributed by atoms with Gasteiger partial charge >= 0.3 is 0 Å². The van der Waals surface area contributed by atoms with E-state index in [1.807, 2.05) is 35.0 Å². The number of aromatic nitrogens is 3. The lowest BCUT2D eigenvalue weighted by Crippen LogP contribution is -2.15. The smallest absolute Gasteiger partial charge is 0.151 e. The van der Waals surface area contributed by atoms with Gasteiger partial charge in [-0.15, -0.1) is 0 Å². The van der Waals surface area contributed by atoms with E-state index in [0.717, 1.165) is 24.1 Å². The van der Waals surface area contributed by atoms with Crippen molar-refractivity contribution in [2.24, 2.45) is 0 Å². The first-order valence-corrected chi connectivity index (χ1v) is 10.3. The van der Waals surface area contributed by atoms with E-state index in [1.54, 1.807) is 6.33 Å². The number of nitrogens with zero attached hydrogens (tertiary/aromatic N) is 3. The molecule has 3 aromatic carbocycles. The van der Waals surface area contributed by atoms with Gasteiger partial charge in [-0.05, 0) is 36.8 Å². The molecule has 0 atom stereocenters. The molecule has 0 radical (unpaired) electrons. The lowest BCUT2D eigenvalue weighted by molar-refractivity contribution is 0.841. The quantitative estimate of drug-likeness (QED) is 0.489. The molecule has 4 aromatic rings. The Bertz CT molecular complexity index is 897. The topological polar surface area (TPSA) is 30.7 Å². The molecule has 1 heterocycles. The van der Waals surface area contributed by atoms with Crippen LogP contribution in [0.3, 0.4) is 0 Å². The van der Waals surface area contributed by atoms with Gasteiger partial charge in [-0.3, -0.25) is 0 Å². The minimum Gasteiger partial charge on any atom is -0.221 e. The first kappa shape index (κ1) is 16.7. The normalized spacial score (nSPS) is 11.0. The van der Waals surface area contributed by atoms with Crippen LogP contribution in [-0.2, 0) is 6.42 Å². The molecule has 0 N–H and O–H groups in total. The summed E-state index contributed by atoms with van der Waals surface area (Å²) in [4.78, 5) is 4.51. The Labute approximate surface area is 155 Å². The van der Waals surface area contributed by atoms with E-state index in [2.05, 4.69) is 70.7 Å². The van der Waals surface area contributed by atoms with Gasteiger partial charge in [0.15, 0.2) is 5.82 Å². The molecule has 4 heteroatoms. The molecule has 0 saturated carbocycles. The summed E-state index contributed by atoms with van der Waals surface area (Å²) >= 11 is 0. The Kier molecular flexibility index (Phi) is 5.18. The minimum absolute atomic E-state index is 0.409. The van der Waals surface area contributed by atoms with E-state index < -0.39 is 7.92 Å². The predicted octanol–water partition coefficient (Wildman–Crippen LogP) is 3.94. The first-order valence-electron chi connectivity index (χ1n) is 8.74. The Morgan fingerprint density at radius 1 is 0.692 bits per heavy atom. The zero-order valence-corrected chi connectivity index (χ0v) is 15.3. The molecule has 26 heavy (non-hydrogen) atoms. The number of rotatable bonds is 6. The molecular weight excluding hydrogens is 337 g/mol. The van der Waals surface area contributed by atoms with Crippen molar-refractivity contribution in [1.29, 1.82) is 0 Å². The van der Waals surface area contributed by atoms with Crippen LogP contribution in [0.2, 0.25) is 0 Å². The Balaban J connectivity index is 1.53. The van der Waals surface area contributed by atoms with Gasteiger partial charge in [-0.25, -0.2) is 9.67 Å². The van der Waals surface area contributed by atoms with Gasteiger partial charge in [-0.2, -0.15) is 5.10 Å². The highest BCUT2D eigenvalue weighted by Gasteiger charge is 2.14. The monoisotopic (exact) mass is 357 g/mol. The molecule has 128 valence electrons. The highest BCUT2D eigenvalue weighted by molar-refractivity contribution is 7.73. The van der Waals surface area contributed by atoms with E-state index in [1.165, 1.54) is 10.6 Å². The third-order valence-corrected chi connectivity index (χ3v) is 6.77. The lowest BCUT2D eigenvalue weighted by atomic mass is 10.3. The second-order valence-electron chi connectivity index (χ2n) is 6.01. The molecule has 0 unspecified atom stereocenters. The van der Waals surface area contributed by atoms with Gasteiger partial charge < -0.3 is 0 Å². The van der Waals surface area contributed by atoms with Crippen LogP contribution < -0.4 is 10.6 Å². The summed E-state index contributed by atoms with van der Waals surface area (Å²) in [5.41, 5.74) is 1.04. The summed E-state index contributed by atoms with van der Waals surface area (Å²) in [6.07, 6.45) is 3.72. The van der Waals surface area contributed by atoms with Crippen molar-refractivity contribution in [3.63, 3.8) is 0 Å². The maximum Gasteiger partial charge on any atom is 0.151 e. The van der Waals surface area contributed by atoms with E-state index >= 15 is 0 Å². The standard InChI is InChI=1S/C22H20N3P/c1-4-10-19(11-5-1)25-18-23-22(24-25)16-17-26(20-12-6-2-7-13-20)21-14-8-3-9-15-21/h1-15,18H,16-17H2. The number of benzene rings is 3. The maximum absolute atomic E-state index is 4.66. The second kappa shape index (κ2) is 8.07. The van der Waals surface area contributed by atoms with Crippen LogP contribution in [0, 0.1) is 0 Å². The van der Waals surface area contributed by atoms with Gasteiger partial charge in [0, 0.05) is 6.42 Å². The van der Waals surface area contributed by atoms with E-state index in [-0.39, 0.29) is 0 Å². The molecule has 0 spiro atoms. The summed E-state index contributed by atoms with van der Waals surface area (Å²) in [5, 5.41) is 7.45. The van der Waals surface area contributed by atoms with E-state index in [0.29, 0.717) is 0 Å². The fraction of sp³-hybridized carbons (Fsp3) is 0.0909. The second-order valence-corrected chi connectivity index (χ2v) is 8.35. The van der Waals surface area contributed by atoms with Crippen LogP contribution in [0.5, 0.6) is 0 Å². The average Bonchev–Trinajstić information content (AvgIpc) is 3.20. The molecule has 3 nitrogen and oxygen atoms in total. The van der Waals surface area contributed by atoms with Crippen LogP contribution in [0.15, 0.2) is 97.3 Å². The summed E-state index contributed by atoms with van der Waals surface area (Å²) in [6.45, 7) is 0. The van der Waals surface area contributed by atoms with Crippen molar-refractivity contribution in [2.75, 3.05) is 6.16 Å². The van der Waals surface area contributed by atoms with Crippen LogP contribution in [-0.4, -0.2) is 20.9 Å². The first-order chi connectivity index (χ1) is 12.9. The van der Waals surface area contributed by atoms with Gasteiger partial charge in [0.05, 0.1) is 5.69 Å². The molecule has 0 aliphatic carbocycles. The fourth-order valence-corrected chi connectivity index (χ4v) is 5.25. The van der Waals surface area contributed by atoms with Crippen LogP contribution in [0.1, 0.15) is 5.82 Å². The summed E-state index contributed by atoms with van der Waals surface area (Å²) in [5.74, 6) is 0.896. The number of hydrogen-bond donors (Lipinski definition) is 0. The minimum atomic E-state index is -0.409. The fourth-order valence-electron chi connectivity index (χ4n) is 2.95. The molecule has 1 aromatic heterocycles. The van der Waals surface area contributed by atoms with Crippen LogP contribution in [0.4, 0.5) is 0 Å². The van der Waals surface area contributed by atoms with Crippen LogP contribution >= 0.6 is 7.92 Å². The van der Waals surface area contributed by atoms with Gasteiger partial charge in [0.25, 0.3) is 0 Å². The zero-order chi connectivity index (χ0) is 17.6. The summed E-state index contributed by atoms with van der Waals surface area (Å²) in [7, 11) is -0.409. The van der Waals surface area contributed by atoms with Crippen LogP contribution in [0.25, 0.3) is 5.69 Å². The third-order valence-electron chi connectivity index (χ3n) is 4.25. The van der Waals surface area contributed by atoms with Crippen molar-refractivity contribution in [3.8, 4) is 5.69 Å². The Hall–Kier alpha value is -2.77. The molecule has 4 rings (SSSR count). The largest absolute Gasteiger partial charge is 0.221 e. The highest BCUT2D eigenvalue weighted by atomic mass is 31.1. The van der Waals surface area contributed by atoms with Crippen molar-refractivity contribution in [1.82, 2.24) is 14.8 Å². The van der Waals surface area contributed by atoms with E-state index in [4.69, 9.17) is 0 Å². The number of aryl methyl sites for hydroxylation is 1. The number of hydrogen-bond acceptors (Lipinski definition) is 2. The third kappa shape index (κ3) is 3.89. The predicted molar refractivity (Wildman–Crippen MR) is 109 cm³/mol. The Morgan fingerprint density at radius 2 is 1.23 bits per heavy atom. The Morgan fingerprint density at radius 3 is 1.81 bits per heavy atom. The molecular formula is C22H20N3P. The molecule has 0 fully saturated rings. The molecule has 0 aliphatic heterocycles. The SMILES string of the molecule is c1ccc(-n2cnc(CCP(c3ccccc3)c3ccccc3)n2)cc1. The van der Waals surface area contributed by atoms with Gasteiger partial charge in [0.1, 0.15) is 6.33 Å². The van der Waals surface area contributed by atoms with E-state index in [9.17, 15) is 0 Å². The summed E-state index contributed by atoms with van der Waals surface area (Å²) in [6, 6.07) is 31.7. The molecule has 0 amide bonds.